The molecule has 1 heterocycles. The minimum absolute atomic E-state index is 0.0852. The Bertz CT molecular complexity index is 612. The number of aliphatic hydroxyl groups excluding tert-OH is 1. The van der Waals surface area contributed by atoms with Crippen molar-refractivity contribution < 1.29 is 9.84 Å². The first-order valence-corrected chi connectivity index (χ1v) is 7.26. The van der Waals surface area contributed by atoms with Crippen molar-refractivity contribution in [3.05, 3.63) is 58.4 Å². The van der Waals surface area contributed by atoms with Gasteiger partial charge in [-0.1, -0.05) is 17.7 Å². The van der Waals surface area contributed by atoms with Crippen LogP contribution in [0.5, 0.6) is 5.75 Å². The molecule has 1 N–H and O–H groups in total. The highest BCUT2D eigenvalue weighted by atomic mass is 16.5. The van der Waals surface area contributed by atoms with Crippen LogP contribution in [0.25, 0.3) is 0 Å². The Morgan fingerprint density at radius 3 is 2.19 bits per heavy atom. The molecule has 1 aromatic heterocycles. The second-order valence-corrected chi connectivity index (χ2v) is 5.84. The molecule has 2 rings (SSSR count). The van der Waals surface area contributed by atoms with Crippen molar-refractivity contribution in [3.8, 4) is 5.75 Å². The molecule has 0 aliphatic heterocycles. The molecule has 112 valence electrons. The SMILES string of the molecule is Cc1cc(C)c(C(O)c2cncc(OC(C)C)c2)c(C)c1. The molecule has 1 aromatic carbocycles. The maximum absolute atomic E-state index is 10.7. The highest BCUT2D eigenvalue weighted by molar-refractivity contribution is 5.43. The zero-order chi connectivity index (χ0) is 15.6. The first kappa shape index (κ1) is 15.5. The van der Waals surface area contributed by atoms with Gasteiger partial charge < -0.3 is 9.84 Å². The van der Waals surface area contributed by atoms with Crippen LogP contribution in [0.3, 0.4) is 0 Å². The number of nitrogens with zero attached hydrogens (tertiary/aromatic N) is 1. The molecule has 0 amide bonds. The smallest absolute Gasteiger partial charge is 0.138 e. The van der Waals surface area contributed by atoms with Crippen LogP contribution in [-0.2, 0) is 0 Å². The van der Waals surface area contributed by atoms with E-state index in [2.05, 4.69) is 24.0 Å². The Hall–Kier alpha value is -1.87. The lowest BCUT2D eigenvalue weighted by atomic mass is 9.92. The number of rotatable bonds is 4. The van der Waals surface area contributed by atoms with Crippen molar-refractivity contribution in [1.29, 1.82) is 0 Å². The molecule has 0 saturated carbocycles. The maximum atomic E-state index is 10.7. The van der Waals surface area contributed by atoms with E-state index in [1.54, 1.807) is 12.4 Å². The molecule has 0 bridgehead atoms. The van der Waals surface area contributed by atoms with E-state index in [0.29, 0.717) is 5.75 Å². The third-order valence-electron chi connectivity index (χ3n) is 3.43. The van der Waals surface area contributed by atoms with Crippen LogP contribution in [-0.4, -0.2) is 16.2 Å². The number of pyridine rings is 1. The molecule has 3 heteroatoms. The molecule has 0 saturated heterocycles. The van der Waals surface area contributed by atoms with Gasteiger partial charge >= 0.3 is 0 Å². The molecule has 0 aliphatic carbocycles. The Morgan fingerprint density at radius 2 is 1.62 bits per heavy atom. The molecule has 0 aliphatic rings. The summed E-state index contributed by atoms with van der Waals surface area (Å²) in [6.07, 6.45) is 2.76. The van der Waals surface area contributed by atoms with Crippen LogP contribution in [0.2, 0.25) is 0 Å². The van der Waals surface area contributed by atoms with E-state index in [1.165, 1.54) is 5.56 Å². The van der Waals surface area contributed by atoms with Crippen molar-refractivity contribution in [2.24, 2.45) is 0 Å². The predicted octanol–water partition coefficient (Wildman–Crippen LogP) is 3.88. The van der Waals surface area contributed by atoms with Crippen molar-refractivity contribution in [2.75, 3.05) is 0 Å². The fraction of sp³-hybridized carbons (Fsp3) is 0.389. The Morgan fingerprint density at radius 1 is 1.00 bits per heavy atom. The van der Waals surface area contributed by atoms with Gasteiger partial charge in [-0.3, -0.25) is 4.98 Å². The molecular weight excluding hydrogens is 262 g/mol. The van der Waals surface area contributed by atoms with Gasteiger partial charge in [0, 0.05) is 11.8 Å². The van der Waals surface area contributed by atoms with E-state index in [0.717, 1.165) is 22.3 Å². The average molecular weight is 285 g/mol. The number of benzene rings is 1. The minimum atomic E-state index is -0.686. The van der Waals surface area contributed by atoms with Gasteiger partial charge in [-0.25, -0.2) is 0 Å². The zero-order valence-electron chi connectivity index (χ0n) is 13.3. The molecule has 21 heavy (non-hydrogen) atoms. The summed E-state index contributed by atoms with van der Waals surface area (Å²) in [6.45, 7) is 10.1. The summed E-state index contributed by atoms with van der Waals surface area (Å²) in [4.78, 5) is 4.18. The number of aromatic nitrogens is 1. The van der Waals surface area contributed by atoms with Crippen LogP contribution in [0.4, 0.5) is 0 Å². The lowest BCUT2D eigenvalue weighted by Crippen LogP contribution is -2.08. The summed E-state index contributed by atoms with van der Waals surface area (Å²) in [7, 11) is 0. The van der Waals surface area contributed by atoms with Crippen molar-refractivity contribution in [2.45, 2.75) is 46.8 Å². The normalized spacial score (nSPS) is 12.5. The average Bonchev–Trinajstić information content (AvgIpc) is 2.36. The highest BCUT2D eigenvalue weighted by Gasteiger charge is 2.17. The summed E-state index contributed by atoms with van der Waals surface area (Å²) in [5.41, 5.74) is 5.09. The third-order valence-corrected chi connectivity index (χ3v) is 3.43. The Labute approximate surface area is 126 Å². The number of hydrogen-bond donors (Lipinski definition) is 1. The third kappa shape index (κ3) is 3.61. The minimum Gasteiger partial charge on any atom is -0.489 e. The van der Waals surface area contributed by atoms with Gasteiger partial charge in [0.15, 0.2) is 0 Å². The maximum Gasteiger partial charge on any atom is 0.138 e. The lowest BCUT2D eigenvalue weighted by molar-refractivity contribution is 0.214. The van der Waals surface area contributed by atoms with Gasteiger partial charge in [0.1, 0.15) is 11.9 Å². The summed E-state index contributed by atoms with van der Waals surface area (Å²) in [6, 6.07) is 6.04. The van der Waals surface area contributed by atoms with Gasteiger partial charge in [0.05, 0.1) is 12.3 Å². The van der Waals surface area contributed by atoms with E-state index >= 15 is 0 Å². The fourth-order valence-corrected chi connectivity index (χ4v) is 2.71. The van der Waals surface area contributed by atoms with E-state index < -0.39 is 6.10 Å². The van der Waals surface area contributed by atoms with Crippen LogP contribution < -0.4 is 4.74 Å². The second-order valence-electron chi connectivity index (χ2n) is 5.84. The van der Waals surface area contributed by atoms with Gasteiger partial charge in [-0.05, 0) is 57.4 Å². The van der Waals surface area contributed by atoms with Crippen molar-refractivity contribution in [3.63, 3.8) is 0 Å². The molecule has 2 aromatic rings. The molecule has 0 fully saturated rings. The fourth-order valence-electron chi connectivity index (χ4n) is 2.71. The van der Waals surface area contributed by atoms with E-state index in [9.17, 15) is 5.11 Å². The topological polar surface area (TPSA) is 42.4 Å². The Balaban J connectivity index is 2.38. The number of aliphatic hydroxyl groups is 1. The number of hydrogen-bond acceptors (Lipinski definition) is 3. The standard InChI is InChI=1S/C18H23NO2/c1-11(2)21-16-8-15(9-19-10-16)18(20)17-13(4)6-12(3)7-14(17)5/h6-11,18,20H,1-5H3. The second kappa shape index (κ2) is 6.27. The molecule has 1 atom stereocenters. The lowest BCUT2D eigenvalue weighted by Gasteiger charge is -2.18. The summed E-state index contributed by atoms with van der Waals surface area (Å²) in [5.74, 6) is 0.684. The van der Waals surface area contributed by atoms with Crippen LogP contribution in [0, 0.1) is 20.8 Å². The highest BCUT2D eigenvalue weighted by Crippen LogP contribution is 2.30. The zero-order valence-corrected chi connectivity index (χ0v) is 13.3. The van der Waals surface area contributed by atoms with E-state index in [4.69, 9.17) is 4.74 Å². The summed E-state index contributed by atoms with van der Waals surface area (Å²) < 4.78 is 5.65. The van der Waals surface area contributed by atoms with Gasteiger partial charge in [-0.15, -0.1) is 0 Å². The van der Waals surface area contributed by atoms with Gasteiger partial charge in [-0.2, -0.15) is 0 Å². The predicted molar refractivity (Wildman–Crippen MR) is 84.7 cm³/mol. The van der Waals surface area contributed by atoms with Crippen LogP contribution in [0.1, 0.15) is 47.8 Å². The largest absolute Gasteiger partial charge is 0.489 e. The van der Waals surface area contributed by atoms with Gasteiger partial charge in [0.2, 0.25) is 0 Å². The molecule has 3 nitrogen and oxygen atoms in total. The Kier molecular flexibility index (Phi) is 4.63. The van der Waals surface area contributed by atoms with E-state index in [1.807, 2.05) is 33.8 Å². The van der Waals surface area contributed by atoms with Crippen molar-refractivity contribution in [1.82, 2.24) is 4.98 Å². The van der Waals surface area contributed by atoms with E-state index in [-0.39, 0.29) is 6.10 Å². The first-order valence-electron chi connectivity index (χ1n) is 7.26. The molecular formula is C18H23NO2. The molecule has 0 spiro atoms. The quantitative estimate of drug-likeness (QED) is 0.927. The van der Waals surface area contributed by atoms with Crippen LogP contribution in [0.15, 0.2) is 30.6 Å². The molecule has 1 unspecified atom stereocenters. The molecule has 0 radical (unpaired) electrons. The monoisotopic (exact) mass is 285 g/mol. The van der Waals surface area contributed by atoms with Crippen molar-refractivity contribution >= 4 is 0 Å². The number of aryl methyl sites for hydroxylation is 3. The summed E-state index contributed by atoms with van der Waals surface area (Å²) >= 11 is 0. The van der Waals surface area contributed by atoms with Crippen LogP contribution >= 0.6 is 0 Å². The number of ether oxygens (including phenoxy) is 1. The first-order chi connectivity index (χ1) is 9.88. The summed E-state index contributed by atoms with van der Waals surface area (Å²) in [5, 5.41) is 10.7. The van der Waals surface area contributed by atoms with Gasteiger partial charge in [0.25, 0.3) is 0 Å².